The fraction of sp³-hybridized carbons (Fsp3) is 0.412. The highest BCUT2D eigenvalue weighted by molar-refractivity contribution is 5.67. The van der Waals surface area contributed by atoms with E-state index < -0.39 is 5.97 Å². The van der Waals surface area contributed by atoms with Crippen LogP contribution in [-0.2, 0) is 11.3 Å². The Kier molecular flexibility index (Phi) is 4.53. The molecule has 0 spiro atoms. The normalized spacial score (nSPS) is 21.1. The number of aliphatic carboxylic acids is 1. The minimum atomic E-state index is -0.688. The first-order valence-electron chi connectivity index (χ1n) is 7.75. The van der Waals surface area contributed by atoms with Gasteiger partial charge in [-0.3, -0.25) is 9.89 Å². The summed E-state index contributed by atoms with van der Waals surface area (Å²) in [6.07, 6.45) is 5.15. The third-order valence-electron chi connectivity index (χ3n) is 4.37. The van der Waals surface area contributed by atoms with Crippen molar-refractivity contribution in [1.29, 1.82) is 0 Å². The van der Waals surface area contributed by atoms with Crippen molar-refractivity contribution in [2.75, 3.05) is 0 Å². The number of carboxylic acid groups (broad SMARTS) is 1. The third-order valence-corrected chi connectivity index (χ3v) is 4.37. The first-order valence-corrected chi connectivity index (χ1v) is 7.75. The van der Waals surface area contributed by atoms with E-state index in [-0.39, 0.29) is 0 Å². The van der Waals surface area contributed by atoms with Crippen molar-refractivity contribution in [2.24, 2.45) is 5.92 Å². The Morgan fingerprint density at radius 2 is 2.14 bits per heavy atom. The van der Waals surface area contributed by atoms with Gasteiger partial charge < -0.3 is 10.4 Å². The van der Waals surface area contributed by atoms with E-state index in [9.17, 15) is 4.79 Å². The Hall–Kier alpha value is -2.14. The van der Waals surface area contributed by atoms with Crippen LogP contribution in [0.15, 0.2) is 36.5 Å². The van der Waals surface area contributed by atoms with Gasteiger partial charge in [0, 0.05) is 24.6 Å². The number of nitrogens with one attached hydrogen (secondary N) is 2. The molecule has 1 saturated carbocycles. The van der Waals surface area contributed by atoms with E-state index in [0.717, 1.165) is 42.6 Å². The molecule has 1 aliphatic carbocycles. The van der Waals surface area contributed by atoms with E-state index >= 15 is 0 Å². The molecule has 1 aliphatic rings. The number of aromatic nitrogens is 2. The van der Waals surface area contributed by atoms with E-state index in [1.165, 1.54) is 0 Å². The van der Waals surface area contributed by atoms with Gasteiger partial charge >= 0.3 is 5.97 Å². The molecule has 116 valence electrons. The Bertz CT molecular complexity index is 624. The van der Waals surface area contributed by atoms with Crippen molar-refractivity contribution in [3.05, 3.63) is 42.1 Å². The summed E-state index contributed by atoms with van der Waals surface area (Å²) in [5, 5.41) is 19.6. The lowest BCUT2D eigenvalue weighted by atomic mass is 10.0. The molecule has 1 heterocycles. The van der Waals surface area contributed by atoms with Crippen LogP contribution >= 0.6 is 0 Å². The number of carboxylic acids is 1. The molecular weight excluding hydrogens is 278 g/mol. The molecule has 22 heavy (non-hydrogen) atoms. The number of aromatic amines is 1. The van der Waals surface area contributed by atoms with Crippen LogP contribution < -0.4 is 5.32 Å². The van der Waals surface area contributed by atoms with E-state index in [1.807, 2.05) is 24.4 Å². The Morgan fingerprint density at radius 1 is 1.32 bits per heavy atom. The van der Waals surface area contributed by atoms with Gasteiger partial charge in [0.2, 0.25) is 0 Å². The number of nitrogens with zero attached hydrogens (tertiary/aromatic N) is 1. The highest BCUT2D eigenvalue weighted by atomic mass is 16.4. The van der Waals surface area contributed by atoms with Crippen molar-refractivity contribution in [1.82, 2.24) is 15.5 Å². The van der Waals surface area contributed by atoms with Gasteiger partial charge in [-0.1, -0.05) is 30.3 Å². The Labute approximate surface area is 129 Å². The van der Waals surface area contributed by atoms with Gasteiger partial charge in [-0.25, -0.2) is 0 Å². The van der Waals surface area contributed by atoms with Crippen LogP contribution in [0.2, 0.25) is 0 Å². The number of rotatable bonds is 6. The summed E-state index contributed by atoms with van der Waals surface area (Å²) in [7, 11) is 0. The molecule has 0 amide bonds. The standard InChI is InChI=1S/C17H21N3O2/c21-16(22)9-12-6-7-15(8-12)18-10-14-11-19-20-17(14)13-4-2-1-3-5-13/h1-5,11-12,15,18H,6-10H2,(H,19,20)(H,21,22)/t12-,15+/m1/s1. The second kappa shape index (κ2) is 6.75. The molecule has 0 bridgehead atoms. The molecule has 3 N–H and O–H groups in total. The zero-order valence-electron chi connectivity index (χ0n) is 12.5. The summed E-state index contributed by atoms with van der Waals surface area (Å²) in [5.74, 6) is -0.375. The lowest BCUT2D eigenvalue weighted by Gasteiger charge is -2.13. The third kappa shape index (κ3) is 3.54. The van der Waals surface area contributed by atoms with Crippen molar-refractivity contribution < 1.29 is 9.90 Å². The number of hydrogen-bond acceptors (Lipinski definition) is 3. The summed E-state index contributed by atoms with van der Waals surface area (Å²) in [6.45, 7) is 0.755. The molecule has 5 nitrogen and oxygen atoms in total. The van der Waals surface area contributed by atoms with Gasteiger partial charge in [0.05, 0.1) is 11.9 Å². The zero-order chi connectivity index (χ0) is 15.4. The van der Waals surface area contributed by atoms with Crippen LogP contribution in [0.1, 0.15) is 31.2 Å². The highest BCUT2D eigenvalue weighted by Crippen LogP contribution is 2.29. The molecule has 1 fully saturated rings. The predicted molar refractivity (Wildman–Crippen MR) is 84.2 cm³/mol. The summed E-state index contributed by atoms with van der Waals surface area (Å²) < 4.78 is 0. The summed E-state index contributed by atoms with van der Waals surface area (Å²) in [5.41, 5.74) is 3.33. The Morgan fingerprint density at radius 3 is 2.91 bits per heavy atom. The molecular formula is C17H21N3O2. The van der Waals surface area contributed by atoms with Crippen molar-refractivity contribution >= 4 is 5.97 Å². The first kappa shape index (κ1) is 14.8. The lowest BCUT2D eigenvalue weighted by Crippen LogP contribution is -2.26. The van der Waals surface area contributed by atoms with Crippen LogP contribution in [0.3, 0.4) is 0 Å². The lowest BCUT2D eigenvalue weighted by molar-refractivity contribution is -0.138. The molecule has 2 aromatic rings. The van der Waals surface area contributed by atoms with Gasteiger partial charge in [-0.05, 0) is 30.7 Å². The number of carbonyl (C=O) groups is 1. The minimum Gasteiger partial charge on any atom is -0.481 e. The second-order valence-electron chi connectivity index (χ2n) is 5.99. The molecule has 0 aliphatic heterocycles. The van der Waals surface area contributed by atoms with Gasteiger partial charge in [0.15, 0.2) is 0 Å². The molecule has 1 aromatic carbocycles. The number of benzene rings is 1. The maximum atomic E-state index is 10.8. The maximum Gasteiger partial charge on any atom is 0.303 e. The largest absolute Gasteiger partial charge is 0.481 e. The monoisotopic (exact) mass is 299 g/mol. The van der Waals surface area contributed by atoms with E-state index in [0.29, 0.717) is 18.4 Å². The van der Waals surface area contributed by atoms with Gasteiger partial charge in [0.25, 0.3) is 0 Å². The van der Waals surface area contributed by atoms with Crippen molar-refractivity contribution in [2.45, 2.75) is 38.3 Å². The number of hydrogen-bond donors (Lipinski definition) is 3. The van der Waals surface area contributed by atoms with Gasteiger partial charge in [-0.15, -0.1) is 0 Å². The van der Waals surface area contributed by atoms with Crippen LogP contribution in [0, 0.1) is 5.92 Å². The van der Waals surface area contributed by atoms with Crippen LogP contribution in [0.4, 0.5) is 0 Å². The molecule has 0 saturated heterocycles. The van der Waals surface area contributed by atoms with Gasteiger partial charge in [0.1, 0.15) is 0 Å². The first-order chi connectivity index (χ1) is 10.7. The molecule has 0 unspecified atom stereocenters. The van der Waals surface area contributed by atoms with E-state index in [2.05, 4.69) is 27.6 Å². The molecule has 5 heteroatoms. The highest BCUT2D eigenvalue weighted by Gasteiger charge is 2.26. The second-order valence-corrected chi connectivity index (χ2v) is 5.99. The topological polar surface area (TPSA) is 78.0 Å². The van der Waals surface area contributed by atoms with Crippen LogP contribution in [0.25, 0.3) is 11.3 Å². The van der Waals surface area contributed by atoms with Crippen LogP contribution in [0.5, 0.6) is 0 Å². The SMILES string of the molecule is O=C(O)C[C@@H]1CC[C@H](NCc2cn[nH]c2-c2ccccc2)C1. The van der Waals surface area contributed by atoms with Gasteiger partial charge in [-0.2, -0.15) is 5.10 Å². The summed E-state index contributed by atoms with van der Waals surface area (Å²) in [6, 6.07) is 10.6. The van der Waals surface area contributed by atoms with Crippen molar-refractivity contribution in [3.8, 4) is 11.3 Å². The maximum absolute atomic E-state index is 10.8. The van der Waals surface area contributed by atoms with E-state index in [1.54, 1.807) is 0 Å². The molecule has 0 radical (unpaired) electrons. The predicted octanol–water partition coefficient (Wildman–Crippen LogP) is 2.81. The summed E-state index contributed by atoms with van der Waals surface area (Å²) >= 11 is 0. The number of H-pyrrole nitrogens is 1. The summed E-state index contributed by atoms with van der Waals surface area (Å²) in [4.78, 5) is 10.8. The molecule has 1 aromatic heterocycles. The smallest absolute Gasteiger partial charge is 0.303 e. The minimum absolute atomic E-state index is 0.291. The molecule has 2 atom stereocenters. The Balaban J connectivity index is 1.57. The van der Waals surface area contributed by atoms with Crippen LogP contribution in [-0.4, -0.2) is 27.3 Å². The average Bonchev–Trinajstić information content (AvgIpc) is 3.14. The van der Waals surface area contributed by atoms with E-state index in [4.69, 9.17) is 5.11 Å². The molecule has 3 rings (SSSR count). The average molecular weight is 299 g/mol. The quantitative estimate of drug-likeness (QED) is 0.766. The fourth-order valence-electron chi connectivity index (χ4n) is 3.25. The zero-order valence-corrected chi connectivity index (χ0v) is 12.5. The fourth-order valence-corrected chi connectivity index (χ4v) is 3.25. The van der Waals surface area contributed by atoms with Crippen molar-refractivity contribution in [3.63, 3.8) is 0 Å².